The second-order valence-electron chi connectivity index (χ2n) is 6.61. The van der Waals surface area contributed by atoms with Crippen LogP contribution in [0.5, 0.6) is 0 Å². The Balaban J connectivity index is 1.81. The SMILES string of the molecule is CN(C)c1ccc(C=Cc2nc3ccc(Cl)cc3n2C)c2ccccc12. The standard InChI is InChI=1S/C22H20ClN3/c1-25(2)20-12-8-15(17-6-4-5-7-18(17)20)9-13-22-24-19-11-10-16(23)14-21(19)26(22)3/h4-14H,1-3H3. The first-order valence-corrected chi connectivity index (χ1v) is 8.91. The largest absolute Gasteiger partial charge is 0.377 e. The van der Waals surface area contributed by atoms with E-state index in [9.17, 15) is 0 Å². The Hall–Kier alpha value is -2.78. The maximum absolute atomic E-state index is 6.12. The average Bonchev–Trinajstić information content (AvgIpc) is 2.95. The zero-order valence-corrected chi connectivity index (χ0v) is 15.8. The number of hydrogen-bond donors (Lipinski definition) is 0. The first-order valence-electron chi connectivity index (χ1n) is 8.54. The minimum absolute atomic E-state index is 0.723. The van der Waals surface area contributed by atoms with Crippen molar-refractivity contribution < 1.29 is 0 Å². The second-order valence-corrected chi connectivity index (χ2v) is 7.05. The van der Waals surface area contributed by atoms with Gasteiger partial charge in [0.05, 0.1) is 11.0 Å². The number of anilines is 1. The Labute approximate surface area is 158 Å². The van der Waals surface area contributed by atoms with Gasteiger partial charge in [-0.1, -0.05) is 48.0 Å². The van der Waals surface area contributed by atoms with Gasteiger partial charge >= 0.3 is 0 Å². The normalized spacial score (nSPS) is 11.7. The third-order valence-corrected chi connectivity index (χ3v) is 4.94. The van der Waals surface area contributed by atoms with Crippen molar-refractivity contribution in [3.05, 3.63) is 71.0 Å². The molecule has 0 bridgehead atoms. The summed E-state index contributed by atoms with van der Waals surface area (Å²) in [7, 11) is 6.16. The summed E-state index contributed by atoms with van der Waals surface area (Å²) in [6, 6.07) is 18.6. The predicted molar refractivity (Wildman–Crippen MR) is 113 cm³/mol. The summed E-state index contributed by atoms with van der Waals surface area (Å²) in [4.78, 5) is 6.85. The summed E-state index contributed by atoms with van der Waals surface area (Å²) >= 11 is 6.12. The van der Waals surface area contributed by atoms with Gasteiger partial charge in [0.15, 0.2) is 0 Å². The molecule has 0 amide bonds. The van der Waals surface area contributed by atoms with E-state index in [1.165, 1.54) is 22.0 Å². The van der Waals surface area contributed by atoms with Crippen molar-refractivity contribution in [1.82, 2.24) is 9.55 Å². The molecule has 3 nitrogen and oxygen atoms in total. The van der Waals surface area contributed by atoms with Gasteiger partial charge in [0, 0.05) is 37.2 Å². The van der Waals surface area contributed by atoms with Crippen LogP contribution in [0.25, 0.3) is 34.0 Å². The minimum Gasteiger partial charge on any atom is -0.377 e. The van der Waals surface area contributed by atoms with Crippen molar-refractivity contribution in [1.29, 1.82) is 0 Å². The molecule has 4 aromatic rings. The molecular formula is C22H20ClN3. The van der Waals surface area contributed by atoms with Crippen LogP contribution in [0.3, 0.4) is 0 Å². The van der Waals surface area contributed by atoms with Crippen molar-refractivity contribution in [3.63, 3.8) is 0 Å². The van der Waals surface area contributed by atoms with Crippen LogP contribution in [0.4, 0.5) is 5.69 Å². The van der Waals surface area contributed by atoms with E-state index in [0.29, 0.717) is 0 Å². The molecule has 4 rings (SSSR count). The zero-order chi connectivity index (χ0) is 18.3. The molecule has 0 aliphatic rings. The summed E-state index contributed by atoms with van der Waals surface area (Å²) in [5.41, 5.74) is 4.38. The Morgan fingerprint density at radius 3 is 2.50 bits per heavy atom. The average molecular weight is 362 g/mol. The summed E-state index contributed by atoms with van der Waals surface area (Å²) < 4.78 is 2.06. The third-order valence-electron chi connectivity index (χ3n) is 4.71. The van der Waals surface area contributed by atoms with E-state index in [-0.39, 0.29) is 0 Å². The lowest BCUT2D eigenvalue weighted by molar-refractivity contribution is 0.930. The molecule has 0 radical (unpaired) electrons. The van der Waals surface area contributed by atoms with Gasteiger partial charge in [-0.05, 0) is 41.3 Å². The van der Waals surface area contributed by atoms with Gasteiger partial charge in [0.1, 0.15) is 5.82 Å². The molecule has 0 unspecified atom stereocenters. The molecule has 130 valence electrons. The Morgan fingerprint density at radius 1 is 0.962 bits per heavy atom. The van der Waals surface area contributed by atoms with Crippen LogP contribution in [0, 0.1) is 0 Å². The summed E-state index contributed by atoms with van der Waals surface area (Å²) in [6.07, 6.45) is 4.19. The van der Waals surface area contributed by atoms with E-state index in [4.69, 9.17) is 16.6 Å². The maximum Gasteiger partial charge on any atom is 0.133 e. The third kappa shape index (κ3) is 2.85. The van der Waals surface area contributed by atoms with Crippen LogP contribution >= 0.6 is 11.6 Å². The van der Waals surface area contributed by atoms with Gasteiger partial charge in [-0.2, -0.15) is 0 Å². The van der Waals surface area contributed by atoms with Crippen molar-refractivity contribution in [2.75, 3.05) is 19.0 Å². The second kappa shape index (κ2) is 6.50. The molecule has 0 spiro atoms. The fourth-order valence-corrected chi connectivity index (χ4v) is 3.50. The monoisotopic (exact) mass is 361 g/mol. The summed E-state index contributed by atoms with van der Waals surface area (Å²) in [6.45, 7) is 0. The molecule has 1 aromatic heterocycles. The Kier molecular flexibility index (Phi) is 4.17. The number of aryl methyl sites for hydroxylation is 1. The van der Waals surface area contributed by atoms with Gasteiger partial charge < -0.3 is 9.47 Å². The van der Waals surface area contributed by atoms with Gasteiger partial charge in [-0.3, -0.25) is 0 Å². The number of fused-ring (bicyclic) bond motifs is 2. The minimum atomic E-state index is 0.723. The van der Waals surface area contributed by atoms with E-state index < -0.39 is 0 Å². The van der Waals surface area contributed by atoms with Gasteiger partial charge in [-0.15, -0.1) is 0 Å². The van der Waals surface area contributed by atoms with E-state index >= 15 is 0 Å². The molecule has 0 atom stereocenters. The van der Waals surface area contributed by atoms with Crippen LogP contribution in [0.1, 0.15) is 11.4 Å². The Morgan fingerprint density at radius 2 is 1.73 bits per heavy atom. The lowest BCUT2D eigenvalue weighted by Gasteiger charge is -2.16. The van der Waals surface area contributed by atoms with Crippen molar-refractivity contribution in [2.45, 2.75) is 0 Å². The van der Waals surface area contributed by atoms with Gasteiger partial charge in [0.2, 0.25) is 0 Å². The van der Waals surface area contributed by atoms with Crippen LogP contribution in [0.2, 0.25) is 5.02 Å². The van der Waals surface area contributed by atoms with Crippen LogP contribution < -0.4 is 4.90 Å². The van der Waals surface area contributed by atoms with Gasteiger partial charge in [-0.25, -0.2) is 4.98 Å². The highest BCUT2D eigenvalue weighted by Gasteiger charge is 2.08. The molecule has 0 saturated heterocycles. The number of hydrogen-bond acceptors (Lipinski definition) is 2. The molecule has 0 fully saturated rings. The van der Waals surface area contributed by atoms with Crippen LogP contribution in [-0.4, -0.2) is 23.6 Å². The quantitative estimate of drug-likeness (QED) is 0.472. The van der Waals surface area contributed by atoms with Crippen molar-refractivity contribution in [3.8, 4) is 0 Å². The fourth-order valence-electron chi connectivity index (χ4n) is 3.34. The summed E-state index contributed by atoms with van der Waals surface area (Å²) in [5, 5.41) is 3.20. The smallest absolute Gasteiger partial charge is 0.133 e. The molecule has 1 heterocycles. The van der Waals surface area contributed by atoms with Crippen LogP contribution in [-0.2, 0) is 7.05 Å². The molecule has 0 aliphatic heterocycles. The molecule has 0 aliphatic carbocycles. The summed E-state index contributed by atoms with van der Waals surface area (Å²) in [5.74, 6) is 0.906. The number of rotatable bonds is 3. The van der Waals surface area contributed by atoms with E-state index in [2.05, 4.69) is 72.1 Å². The number of nitrogens with zero attached hydrogens (tertiary/aromatic N) is 3. The number of benzene rings is 3. The number of halogens is 1. The number of imidazole rings is 1. The topological polar surface area (TPSA) is 21.1 Å². The Bertz CT molecular complexity index is 1140. The highest BCUT2D eigenvalue weighted by molar-refractivity contribution is 6.31. The van der Waals surface area contributed by atoms with E-state index in [1.54, 1.807) is 0 Å². The van der Waals surface area contributed by atoms with Crippen LogP contribution in [0.15, 0.2) is 54.6 Å². The molecular weight excluding hydrogens is 342 g/mol. The predicted octanol–water partition coefficient (Wildman–Crippen LogP) is 5.62. The first-order chi connectivity index (χ1) is 12.5. The highest BCUT2D eigenvalue weighted by atomic mass is 35.5. The van der Waals surface area contributed by atoms with E-state index in [0.717, 1.165) is 21.9 Å². The molecule has 3 aromatic carbocycles. The van der Waals surface area contributed by atoms with Crippen molar-refractivity contribution in [2.24, 2.45) is 7.05 Å². The first kappa shape index (κ1) is 16.7. The molecule has 26 heavy (non-hydrogen) atoms. The lowest BCUT2D eigenvalue weighted by atomic mass is 10.0. The fraction of sp³-hybridized carbons (Fsp3) is 0.136. The zero-order valence-electron chi connectivity index (χ0n) is 15.1. The maximum atomic E-state index is 6.12. The van der Waals surface area contributed by atoms with Gasteiger partial charge in [0.25, 0.3) is 0 Å². The van der Waals surface area contributed by atoms with Crippen molar-refractivity contribution >= 4 is 51.2 Å². The lowest BCUT2D eigenvalue weighted by Crippen LogP contribution is -2.09. The molecule has 4 heteroatoms. The molecule has 0 saturated carbocycles. The van der Waals surface area contributed by atoms with E-state index in [1.807, 2.05) is 25.2 Å². The molecule has 0 N–H and O–H groups in total. The highest BCUT2D eigenvalue weighted by Crippen LogP contribution is 2.29. The number of aromatic nitrogens is 2.